The Morgan fingerprint density at radius 1 is 0.750 bits per heavy atom. The van der Waals surface area contributed by atoms with Gasteiger partial charge < -0.3 is 5.11 Å². The van der Waals surface area contributed by atoms with Crippen molar-refractivity contribution in [2.75, 3.05) is 0 Å². The minimum absolute atomic E-state index is 0. The summed E-state index contributed by atoms with van der Waals surface area (Å²) < 4.78 is 0. The topological polar surface area (TPSA) is 20.2 Å². The first-order chi connectivity index (χ1) is 9.34. The van der Waals surface area contributed by atoms with Gasteiger partial charge in [-0.1, -0.05) is 82.9 Å². The van der Waals surface area contributed by atoms with E-state index in [0.717, 1.165) is 12.0 Å². The van der Waals surface area contributed by atoms with Crippen LogP contribution in [0.1, 0.15) is 76.7 Å². The number of benzene rings is 1. The fourth-order valence-corrected chi connectivity index (χ4v) is 2.53. The summed E-state index contributed by atoms with van der Waals surface area (Å²) in [5.74, 6) is 0.457. The standard InChI is InChI=1S/C18H30O.Li.H/c1-2-3-4-5-6-7-8-9-10-11-14-17-15-12-13-16-18(17)19;;/h12-13,15-16,19H,2-11,14H2,1H3;;. The zero-order valence-corrected chi connectivity index (χ0v) is 12.5. The average molecular weight is 270 g/mol. The van der Waals surface area contributed by atoms with E-state index in [2.05, 4.69) is 6.92 Å². The molecule has 2 heteroatoms. The molecular formula is C18H31LiO. The van der Waals surface area contributed by atoms with Crippen molar-refractivity contribution in [3.63, 3.8) is 0 Å². The number of unbranched alkanes of at least 4 members (excludes halogenated alkanes) is 9. The molecule has 0 radical (unpaired) electrons. The SMILES string of the molecule is CCCCCCCCCCCCc1ccccc1O.[LiH]. The van der Waals surface area contributed by atoms with Gasteiger partial charge in [0, 0.05) is 0 Å². The Labute approximate surface area is 137 Å². The minimum atomic E-state index is 0. The van der Waals surface area contributed by atoms with Crippen LogP contribution in [-0.2, 0) is 6.42 Å². The molecule has 1 N–H and O–H groups in total. The van der Waals surface area contributed by atoms with Crippen LogP contribution >= 0.6 is 0 Å². The van der Waals surface area contributed by atoms with Gasteiger partial charge in [-0.3, -0.25) is 0 Å². The summed E-state index contributed by atoms with van der Waals surface area (Å²) in [7, 11) is 0. The van der Waals surface area contributed by atoms with Crippen LogP contribution < -0.4 is 0 Å². The van der Waals surface area contributed by atoms with E-state index < -0.39 is 0 Å². The summed E-state index contributed by atoms with van der Waals surface area (Å²) in [6.45, 7) is 2.27. The molecule has 0 fully saturated rings. The Bertz CT molecular complexity index is 325. The first kappa shape index (κ1) is 19.6. The van der Waals surface area contributed by atoms with Crippen molar-refractivity contribution < 1.29 is 5.11 Å². The van der Waals surface area contributed by atoms with Crippen LogP contribution in [0.2, 0.25) is 0 Å². The molecule has 0 spiro atoms. The first-order valence-corrected chi connectivity index (χ1v) is 8.11. The fourth-order valence-electron chi connectivity index (χ4n) is 2.53. The van der Waals surface area contributed by atoms with Crippen molar-refractivity contribution in [3.8, 4) is 5.75 Å². The van der Waals surface area contributed by atoms with Gasteiger partial charge in [-0.05, 0) is 24.5 Å². The van der Waals surface area contributed by atoms with Crippen molar-refractivity contribution in [1.82, 2.24) is 0 Å². The molecule has 0 aromatic heterocycles. The Kier molecular flexibility index (Phi) is 13.3. The predicted octanol–water partition coefficient (Wildman–Crippen LogP) is 5.21. The van der Waals surface area contributed by atoms with E-state index in [4.69, 9.17) is 0 Å². The summed E-state index contributed by atoms with van der Waals surface area (Å²) >= 11 is 0. The molecule has 20 heavy (non-hydrogen) atoms. The van der Waals surface area contributed by atoms with Gasteiger partial charge in [0.15, 0.2) is 0 Å². The van der Waals surface area contributed by atoms with Gasteiger partial charge in [-0.15, -0.1) is 0 Å². The van der Waals surface area contributed by atoms with Crippen LogP contribution in [0.5, 0.6) is 5.75 Å². The van der Waals surface area contributed by atoms with E-state index in [1.807, 2.05) is 18.2 Å². The van der Waals surface area contributed by atoms with E-state index in [-0.39, 0.29) is 18.9 Å². The number of hydrogen-bond donors (Lipinski definition) is 1. The molecule has 0 unspecified atom stereocenters. The second kappa shape index (κ2) is 13.6. The third-order valence-electron chi connectivity index (χ3n) is 3.79. The second-order valence-corrected chi connectivity index (χ2v) is 5.56. The molecule has 0 saturated heterocycles. The molecule has 0 aliphatic heterocycles. The number of hydrogen-bond acceptors (Lipinski definition) is 1. The number of rotatable bonds is 11. The molecule has 0 aliphatic rings. The van der Waals surface area contributed by atoms with Gasteiger partial charge in [0.25, 0.3) is 0 Å². The van der Waals surface area contributed by atoms with E-state index in [1.165, 1.54) is 64.2 Å². The average Bonchev–Trinajstić information content (AvgIpc) is 2.43. The van der Waals surface area contributed by atoms with Gasteiger partial charge in [-0.2, -0.15) is 0 Å². The van der Waals surface area contributed by atoms with Crippen molar-refractivity contribution >= 4 is 18.9 Å². The number of aryl methyl sites for hydroxylation is 1. The van der Waals surface area contributed by atoms with Crippen molar-refractivity contribution in [2.45, 2.75) is 77.6 Å². The molecule has 110 valence electrons. The van der Waals surface area contributed by atoms with Gasteiger partial charge in [0.2, 0.25) is 0 Å². The van der Waals surface area contributed by atoms with Gasteiger partial charge >= 0.3 is 18.9 Å². The zero-order valence-electron chi connectivity index (χ0n) is 12.5. The van der Waals surface area contributed by atoms with Gasteiger partial charge in [0.05, 0.1) is 0 Å². The normalized spacial score (nSPS) is 10.2. The molecule has 0 saturated carbocycles. The number of phenols is 1. The molecule has 1 aromatic rings. The summed E-state index contributed by atoms with van der Waals surface area (Å²) in [6, 6.07) is 7.71. The molecular weight excluding hydrogens is 239 g/mol. The van der Waals surface area contributed by atoms with Crippen LogP contribution in [0.4, 0.5) is 0 Å². The quantitative estimate of drug-likeness (QED) is 0.432. The Morgan fingerprint density at radius 3 is 1.80 bits per heavy atom. The summed E-state index contributed by atoms with van der Waals surface area (Å²) in [4.78, 5) is 0. The molecule has 0 bridgehead atoms. The molecule has 0 amide bonds. The fraction of sp³-hybridized carbons (Fsp3) is 0.667. The predicted molar refractivity (Wildman–Crippen MR) is 90.8 cm³/mol. The molecule has 1 nitrogen and oxygen atoms in total. The molecule has 1 aromatic carbocycles. The van der Waals surface area contributed by atoms with Crippen LogP contribution in [0, 0.1) is 0 Å². The first-order valence-electron chi connectivity index (χ1n) is 8.11. The van der Waals surface area contributed by atoms with E-state index in [0.29, 0.717) is 5.75 Å². The van der Waals surface area contributed by atoms with Crippen LogP contribution in [0.3, 0.4) is 0 Å². The number of aromatic hydroxyl groups is 1. The molecule has 0 heterocycles. The van der Waals surface area contributed by atoms with Crippen molar-refractivity contribution in [3.05, 3.63) is 29.8 Å². The summed E-state index contributed by atoms with van der Waals surface area (Å²) in [6.07, 6.45) is 14.6. The van der Waals surface area contributed by atoms with E-state index in [1.54, 1.807) is 6.07 Å². The number of phenolic OH excluding ortho intramolecular Hbond substituents is 1. The maximum absolute atomic E-state index is 9.65. The summed E-state index contributed by atoms with van der Waals surface area (Å²) in [5.41, 5.74) is 1.10. The van der Waals surface area contributed by atoms with Crippen molar-refractivity contribution in [1.29, 1.82) is 0 Å². The van der Waals surface area contributed by atoms with Crippen LogP contribution in [0.15, 0.2) is 24.3 Å². The maximum atomic E-state index is 9.65. The Balaban J connectivity index is 0.00000361. The zero-order chi connectivity index (χ0) is 13.8. The van der Waals surface area contributed by atoms with Crippen LogP contribution in [0.25, 0.3) is 0 Å². The van der Waals surface area contributed by atoms with Crippen LogP contribution in [-0.4, -0.2) is 24.0 Å². The summed E-state index contributed by atoms with van der Waals surface area (Å²) in [5, 5.41) is 9.65. The molecule has 0 aliphatic carbocycles. The second-order valence-electron chi connectivity index (χ2n) is 5.56. The van der Waals surface area contributed by atoms with E-state index in [9.17, 15) is 5.11 Å². The molecule has 0 atom stereocenters. The molecule has 1 rings (SSSR count). The van der Waals surface area contributed by atoms with Crippen molar-refractivity contribution in [2.24, 2.45) is 0 Å². The third-order valence-corrected chi connectivity index (χ3v) is 3.79. The Hall–Kier alpha value is -0.383. The Morgan fingerprint density at radius 2 is 1.25 bits per heavy atom. The van der Waals surface area contributed by atoms with Gasteiger partial charge in [0.1, 0.15) is 5.75 Å². The monoisotopic (exact) mass is 270 g/mol. The van der Waals surface area contributed by atoms with E-state index >= 15 is 0 Å². The number of para-hydroxylation sites is 1. The van der Waals surface area contributed by atoms with Gasteiger partial charge in [-0.25, -0.2) is 0 Å². The third kappa shape index (κ3) is 9.51.